The maximum absolute atomic E-state index is 8.40. The van der Waals surface area contributed by atoms with Gasteiger partial charge < -0.3 is 0 Å². The first kappa shape index (κ1) is 7.97. The zero-order chi connectivity index (χ0) is 7.11. The molecule has 0 amide bonds. The van der Waals surface area contributed by atoms with Crippen LogP contribution in [0.1, 0.15) is 19.8 Å². The lowest BCUT2D eigenvalue weighted by Gasteiger charge is -1.89. The minimum absolute atomic E-state index is 0.830. The fourth-order valence-electron chi connectivity index (χ4n) is 0.522. The molecule has 0 atom stereocenters. The summed E-state index contributed by atoms with van der Waals surface area (Å²) in [7, 11) is 0. The molecule has 0 heterocycles. The van der Waals surface area contributed by atoms with Gasteiger partial charge in [-0.3, -0.25) is 0 Å². The highest BCUT2D eigenvalue weighted by molar-refractivity contribution is 5.19. The van der Waals surface area contributed by atoms with Crippen LogP contribution in [0.4, 0.5) is 0 Å². The van der Waals surface area contributed by atoms with Gasteiger partial charge in [0.05, 0.1) is 6.07 Å². The van der Waals surface area contributed by atoms with E-state index in [0.29, 0.717) is 0 Å². The molecule has 0 aromatic carbocycles. The molecule has 0 spiro atoms. The molecule has 0 rings (SSSR count). The van der Waals surface area contributed by atoms with Gasteiger partial charge >= 0.3 is 0 Å². The van der Waals surface area contributed by atoms with Gasteiger partial charge in [0.25, 0.3) is 0 Å². The second-order valence-corrected chi connectivity index (χ2v) is 1.75. The molecule has 0 bridgehead atoms. The lowest BCUT2D eigenvalue weighted by Crippen LogP contribution is -1.75. The van der Waals surface area contributed by atoms with E-state index in [-0.39, 0.29) is 0 Å². The van der Waals surface area contributed by atoms with Crippen molar-refractivity contribution in [3.05, 3.63) is 24.3 Å². The van der Waals surface area contributed by atoms with Crippen molar-refractivity contribution < 1.29 is 0 Å². The summed E-state index contributed by atoms with van der Waals surface area (Å²) >= 11 is 0. The molecule has 0 N–H and O–H groups in total. The van der Waals surface area contributed by atoms with E-state index in [2.05, 4.69) is 12.6 Å². The van der Waals surface area contributed by atoms with Crippen LogP contribution in [0, 0.1) is 11.3 Å². The Labute approximate surface area is 56.3 Å². The van der Waals surface area contributed by atoms with E-state index < -0.39 is 0 Å². The van der Waals surface area contributed by atoms with Crippen molar-refractivity contribution in [3.8, 4) is 6.07 Å². The van der Waals surface area contributed by atoms with Crippen molar-refractivity contribution in [2.75, 3.05) is 0 Å². The van der Waals surface area contributed by atoms with E-state index in [4.69, 9.17) is 5.26 Å². The quantitative estimate of drug-likeness (QED) is 0.415. The van der Waals surface area contributed by atoms with Gasteiger partial charge in [-0.15, -0.1) is 6.58 Å². The average molecular weight is 121 g/mol. The van der Waals surface area contributed by atoms with Crippen LogP contribution in [0.2, 0.25) is 0 Å². The summed E-state index contributed by atoms with van der Waals surface area (Å²) in [6.07, 6.45) is 5.38. The third-order valence-electron chi connectivity index (χ3n) is 1.11. The zero-order valence-corrected chi connectivity index (χ0v) is 5.72. The van der Waals surface area contributed by atoms with Crippen LogP contribution in [0.3, 0.4) is 0 Å². The maximum Gasteiger partial charge on any atom is 0.0943 e. The molecule has 1 nitrogen and oxygen atoms in total. The first-order valence-electron chi connectivity index (χ1n) is 3.01. The molecule has 1 heteroatoms. The van der Waals surface area contributed by atoms with Gasteiger partial charge in [0.15, 0.2) is 0 Å². The molecule has 0 radical (unpaired) electrons. The highest BCUT2D eigenvalue weighted by Gasteiger charge is 1.88. The Bertz CT molecular complexity index is 148. The van der Waals surface area contributed by atoms with E-state index in [1.54, 1.807) is 0 Å². The molecule has 0 saturated carbocycles. The van der Waals surface area contributed by atoms with Crippen LogP contribution in [0.25, 0.3) is 0 Å². The van der Waals surface area contributed by atoms with Crippen LogP contribution >= 0.6 is 0 Å². The minimum Gasteiger partial charge on any atom is -0.193 e. The first-order valence-corrected chi connectivity index (χ1v) is 3.01. The van der Waals surface area contributed by atoms with Gasteiger partial charge in [-0.1, -0.05) is 12.2 Å². The normalized spacial score (nSPS) is 10.4. The fourth-order valence-corrected chi connectivity index (χ4v) is 0.522. The molecule has 9 heavy (non-hydrogen) atoms. The van der Waals surface area contributed by atoms with Crippen LogP contribution < -0.4 is 0 Å². The predicted octanol–water partition coefficient (Wildman–Crippen LogP) is 2.42. The average Bonchev–Trinajstić information content (AvgIpc) is 1.91. The molecule has 0 saturated heterocycles. The van der Waals surface area contributed by atoms with Crippen LogP contribution in [0.15, 0.2) is 24.3 Å². The van der Waals surface area contributed by atoms with Crippen LogP contribution in [-0.4, -0.2) is 0 Å². The molecule has 0 aliphatic rings. The standard InChI is InChI=1S/C8H11N/c1-3-5-6-8(4-2)7-9/h3-4H,1,5-6H2,2H3/b8-4-. The summed E-state index contributed by atoms with van der Waals surface area (Å²) < 4.78 is 0. The van der Waals surface area contributed by atoms with Gasteiger partial charge in [-0.05, 0) is 19.8 Å². The first-order chi connectivity index (χ1) is 4.35. The Kier molecular flexibility index (Phi) is 4.53. The Morgan fingerprint density at radius 1 is 1.78 bits per heavy atom. The number of nitrogens with zero attached hydrogens (tertiary/aromatic N) is 1. The smallest absolute Gasteiger partial charge is 0.0943 e. The number of allylic oxidation sites excluding steroid dienone is 3. The third-order valence-corrected chi connectivity index (χ3v) is 1.11. The SMILES string of the molecule is C=CCC/C(C#N)=C/C. The van der Waals surface area contributed by atoms with Crippen molar-refractivity contribution in [3.63, 3.8) is 0 Å². The van der Waals surface area contributed by atoms with Crippen molar-refractivity contribution in [1.82, 2.24) is 0 Å². The van der Waals surface area contributed by atoms with Crippen molar-refractivity contribution >= 4 is 0 Å². The molecule has 0 aromatic heterocycles. The van der Waals surface area contributed by atoms with Crippen LogP contribution in [0.5, 0.6) is 0 Å². The summed E-state index contributed by atoms with van der Waals surface area (Å²) in [6.45, 7) is 5.44. The van der Waals surface area contributed by atoms with Crippen LogP contribution in [-0.2, 0) is 0 Å². The Hall–Kier alpha value is -1.03. The highest BCUT2D eigenvalue weighted by Crippen LogP contribution is 2.02. The molecular weight excluding hydrogens is 110 g/mol. The maximum atomic E-state index is 8.40. The second-order valence-electron chi connectivity index (χ2n) is 1.75. The molecule has 48 valence electrons. The van der Waals surface area contributed by atoms with Gasteiger partial charge in [-0.25, -0.2) is 0 Å². The number of hydrogen-bond donors (Lipinski definition) is 0. The predicted molar refractivity (Wildman–Crippen MR) is 38.8 cm³/mol. The molecule has 0 fully saturated rings. The molecule has 0 unspecified atom stereocenters. The largest absolute Gasteiger partial charge is 0.193 e. The molecule has 0 aliphatic carbocycles. The molecule has 0 aliphatic heterocycles. The second kappa shape index (κ2) is 5.11. The zero-order valence-electron chi connectivity index (χ0n) is 5.72. The number of rotatable bonds is 3. The van der Waals surface area contributed by atoms with E-state index in [1.165, 1.54) is 0 Å². The monoisotopic (exact) mass is 121 g/mol. The van der Waals surface area contributed by atoms with Gasteiger partial charge in [0.2, 0.25) is 0 Å². The lowest BCUT2D eigenvalue weighted by molar-refractivity contribution is 1.01. The Balaban J connectivity index is 3.61. The van der Waals surface area contributed by atoms with E-state index in [1.807, 2.05) is 19.1 Å². The van der Waals surface area contributed by atoms with Crippen molar-refractivity contribution in [1.29, 1.82) is 5.26 Å². The van der Waals surface area contributed by atoms with Crippen molar-refractivity contribution in [2.24, 2.45) is 0 Å². The summed E-state index contributed by atoms with van der Waals surface area (Å²) in [5.41, 5.74) is 0.843. The summed E-state index contributed by atoms with van der Waals surface area (Å²) in [4.78, 5) is 0. The lowest BCUT2D eigenvalue weighted by atomic mass is 10.1. The Morgan fingerprint density at radius 3 is 2.78 bits per heavy atom. The highest BCUT2D eigenvalue weighted by atomic mass is 14.2. The van der Waals surface area contributed by atoms with E-state index >= 15 is 0 Å². The fraction of sp³-hybridized carbons (Fsp3) is 0.375. The van der Waals surface area contributed by atoms with Gasteiger partial charge in [0.1, 0.15) is 0 Å². The summed E-state index contributed by atoms with van der Waals surface area (Å²) in [5, 5.41) is 8.40. The molecular formula is C8H11N. The summed E-state index contributed by atoms with van der Waals surface area (Å²) in [6, 6.07) is 2.10. The number of nitriles is 1. The van der Waals surface area contributed by atoms with E-state index in [0.717, 1.165) is 18.4 Å². The summed E-state index contributed by atoms with van der Waals surface area (Å²) in [5.74, 6) is 0. The Morgan fingerprint density at radius 2 is 2.44 bits per heavy atom. The molecule has 0 aromatic rings. The van der Waals surface area contributed by atoms with E-state index in [9.17, 15) is 0 Å². The third kappa shape index (κ3) is 3.54. The topological polar surface area (TPSA) is 23.8 Å². The van der Waals surface area contributed by atoms with Crippen molar-refractivity contribution in [2.45, 2.75) is 19.8 Å². The minimum atomic E-state index is 0.830. The number of hydrogen-bond acceptors (Lipinski definition) is 1. The van der Waals surface area contributed by atoms with Gasteiger partial charge in [-0.2, -0.15) is 5.26 Å². The van der Waals surface area contributed by atoms with Gasteiger partial charge in [0, 0.05) is 5.57 Å².